The van der Waals surface area contributed by atoms with E-state index in [1.54, 1.807) is 6.20 Å². The van der Waals surface area contributed by atoms with Crippen LogP contribution in [-0.2, 0) is 0 Å². The minimum absolute atomic E-state index is 0.651. The van der Waals surface area contributed by atoms with E-state index in [0.29, 0.717) is 5.71 Å². The zero-order valence-electron chi connectivity index (χ0n) is 27.4. The van der Waals surface area contributed by atoms with Crippen LogP contribution in [0.1, 0.15) is 0 Å². The molecule has 10 rings (SSSR count). The van der Waals surface area contributed by atoms with Crippen LogP contribution in [0.15, 0.2) is 185 Å². The molecule has 4 aromatic heterocycles. The van der Waals surface area contributed by atoms with Gasteiger partial charge >= 0.3 is 0 Å². The van der Waals surface area contributed by atoms with E-state index in [1.165, 1.54) is 11.1 Å². The molecule has 0 saturated heterocycles. The van der Waals surface area contributed by atoms with Crippen molar-refractivity contribution in [2.75, 3.05) is 4.90 Å². The normalized spacial score (nSPS) is 11.5. The first-order chi connectivity index (χ1) is 25.3. The van der Waals surface area contributed by atoms with Crippen LogP contribution in [0.4, 0.5) is 17.1 Å². The van der Waals surface area contributed by atoms with E-state index >= 15 is 0 Å². The predicted octanol–water partition coefficient (Wildman–Crippen LogP) is 12.7. The monoisotopic (exact) mass is 655 g/mol. The number of rotatable bonds is 6. The minimum atomic E-state index is 0.651. The number of para-hydroxylation sites is 2. The van der Waals surface area contributed by atoms with Gasteiger partial charge in [0, 0.05) is 56.7 Å². The average molecular weight is 656 g/mol. The summed E-state index contributed by atoms with van der Waals surface area (Å²) in [5.41, 5.74) is 13.8. The molecule has 0 saturated carbocycles. The lowest BCUT2D eigenvalue weighted by Gasteiger charge is -2.26. The number of anilines is 3. The van der Waals surface area contributed by atoms with E-state index in [1.807, 2.05) is 30.5 Å². The fourth-order valence-electron chi connectivity index (χ4n) is 7.17. The van der Waals surface area contributed by atoms with Crippen molar-refractivity contribution >= 4 is 61.2 Å². The standard InChI is InChI=1S/C46H29N3O2/c1-2-8-30(9-3-1)31-16-22-34(23-17-31)49(35-24-18-32(19-25-35)37-10-4-12-39-40-14-6-29-48-46(40)51-44(37)39)36-26-20-33(21-27-36)38-11-5-13-41-43-42(50-45(38)41)15-7-28-47-43/h1-29H. The molecule has 0 spiro atoms. The third-order valence-corrected chi connectivity index (χ3v) is 9.63. The molecular weight excluding hydrogens is 627 g/mol. The molecule has 0 radical (unpaired) electrons. The highest BCUT2D eigenvalue weighted by Crippen LogP contribution is 2.41. The maximum absolute atomic E-state index is 6.31. The first-order valence-electron chi connectivity index (χ1n) is 17.0. The summed E-state index contributed by atoms with van der Waals surface area (Å²) >= 11 is 0. The van der Waals surface area contributed by atoms with Crippen LogP contribution in [-0.4, -0.2) is 9.97 Å². The fourth-order valence-corrected chi connectivity index (χ4v) is 7.17. The van der Waals surface area contributed by atoms with Gasteiger partial charge < -0.3 is 13.7 Å². The lowest BCUT2D eigenvalue weighted by molar-refractivity contribution is 0.655. The van der Waals surface area contributed by atoms with Gasteiger partial charge in [0.15, 0.2) is 5.58 Å². The van der Waals surface area contributed by atoms with Gasteiger partial charge in [-0.1, -0.05) is 97.1 Å². The summed E-state index contributed by atoms with van der Waals surface area (Å²) in [7, 11) is 0. The molecule has 10 aromatic rings. The lowest BCUT2D eigenvalue weighted by Crippen LogP contribution is -2.09. The number of aromatic nitrogens is 2. The van der Waals surface area contributed by atoms with Crippen LogP contribution in [0, 0.1) is 0 Å². The molecule has 0 amide bonds. The molecule has 0 fully saturated rings. The van der Waals surface area contributed by atoms with Crippen LogP contribution in [0.25, 0.3) is 77.5 Å². The Morgan fingerprint density at radius 1 is 0.373 bits per heavy atom. The Labute approximate surface area is 293 Å². The van der Waals surface area contributed by atoms with Gasteiger partial charge in [-0.2, -0.15) is 0 Å². The van der Waals surface area contributed by atoms with Crippen molar-refractivity contribution in [1.29, 1.82) is 0 Å². The van der Waals surface area contributed by atoms with Gasteiger partial charge in [0.05, 0.1) is 0 Å². The van der Waals surface area contributed by atoms with Gasteiger partial charge in [0.1, 0.15) is 16.7 Å². The molecule has 0 aliphatic heterocycles. The molecule has 6 aromatic carbocycles. The van der Waals surface area contributed by atoms with Gasteiger partial charge in [-0.25, -0.2) is 4.98 Å². The Balaban J connectivity index is 1.06. The quantitative estimate of drug-likeness (QED) is 0.178. The number of furan rings is 2. The highest BCUT2D eigenvalue weighted by molar-refractivity contribution is 6.09. The predicted molar refractivity (Wildman–Crippen MR) is 208 cm³/mol. The van der Waals surface area contributed by atoms with Gasteiger partial charge in [-0.15, -0.1) is 0 Å². The van der Waals surface area contributed by atoms with E-state index in [9.17, 15) is 0 Å². The SMILES string of the molecule is c1ccc(-c2ccc(N(c3ccc(-c4cccc5c4oc4ncccc45)cc3)c3ccc(-c4cccc5c4oc4cccnc45)cc3)cc2)cc1. The Hall–Kier alpha value is -6.98. The first kappa shape index (κ1) is 29.0. The Kier molecular flexibility index (Phi) is 6.74. The largest absolute Gasteiger partial charge is 0.454 e. The number of hydrogen-bond acceptors (Lipinski definition) is 5. The Morgan fingerprint density at radius 3 is 1.57 bits per heavy atom. The van der Waals surface area contributed by atoms with E-state index < -0.39 is 0 Å². The molecule has 51 heavy (non-hydrogen) atoms. The van der Waals surface area contributed by atoms with Crippen molar-refractivity contribution < 1.29 is 8.83 Å². The highest BCUT2D eigenvalue weighted by atomic mass is 16.3. The summed E-state index contributed by atoms with van der Waals surface area (Å²) in [6.45, 7) is 0. The number of fused-ring (bicyclic) bond motifs is 6. The molecule has 0 aliphatic carbocycles. The maximum atomic E-state index is 6.31. The second-order valence-corrected chi connectivity index (χ2v) is 12.6. The van der Waals surface area contributed by atoms with Crippen molar-refractivity contribution in [3.63, 3.8) is 0 Å². The molecule has 0 N–H and O–H groups in total. The van der Waals surface area contributed by atoms with E-state index in [2.05, 4.69) is 154 Å². The van der Waals surface area contributed by atoms with E-state index in [0.717, 1.165) is 77.7 Å². The molecule has 0 aliphatic rings. The van der Waals surface area contributed by atoms with Crippen molar-refractivity contribution in [1.82, 2.24) is 9.97 Å². The molecule has 0 unspecified atom stereocenters. The number of hydrogen-bond donors (Lipinski definition) is 0. The molecule has 0 atom stereocenters. The number of benzene rings is 6. The maximum Gasteiger partial charge on any atom is 0.227 e. The first-order valence-corrected chi connectivity index (χ1v) is 17.0. The second kappa shape index (κ2) is 11.9. The van der Waals surface area contributed by atoms with Gasteiger partial charge in [-0.3, -0.25) is 4.98 Å². The average Bonchev–Trinajstić information content (AvgIpc) is 3.78. The van der Waals surface area contributed by atoms with Crippen LogP contribution in [0.5, 0.6) is 0 Å². The number of pyridine rings is 2. The van der Waals surface area contributed by atoms with Crippen molar-refractivity contribution in [2.45, 2.75) is 0 Å². The summed E-state index contributed by atoms with van der Waals surface area (Å²) in [6.07, 6.45) is 3.58. The topological polar surface area (TPSA) is 55.3 Å². The Bertz CT molecular complexity index is 2680. The van der Waals surface area contributed by atoms with Crippen LogP contribution >= 0.6 is 0 Å². The van der Waals surface area contributed by atoms with E-state index in [-0.39, 0.29) is 0 Å². The third-order valence-electron chi connectivity index (χ3n) is 9.63. The number of nitrogens with zero attached hydrogens (tertiary/aromatic N) is 3. The lowest BCUT2D eigenvalue weighted by atomic mass is 10.0. The molecule has 5 nitrogen and oxygen atoms in total. The summed E-state index contributed by atoms with van der Waals surface area (Å²) in [5, 5.41) is 3.10. The molecule has 240 valence electrons. The molecular formula is C46H29N3O2. The minimum Gasteiger partial charge on any atom is -0.454 e. The molecule has 4 heterocycles. The summed E-state index contributed by atoms with van der Waals surface area (Å²) in [4.78, 5) is 11.3. The molecule has 0 bridgehead atoms. The zero-order valence-corrected chi connectivity index (χ0v) is 27.4. The van der Waals surface area contributed by atoms with Crippen LogP contribution in [0.3, 0.4) is 0 Å². The zero-order chi connectivity index (χ0) is 33.7. The van der Waals surface area contributed by atoms with Crippen LogP contribution in [0.2, 0.25) is 0 Å². The third kappa shape index (κ3) is 4.94. The van der Waals surface area contributed by atoms with Crippen molar-refractivity contribution in [2.24, 2.45) is 0 Å². The van der Waals surface area contributed by atoms with Gasteiger partial charge in [0.25, 0.3) is 0 Å². The van der Waals surface area contributed by atoms with Crippen molar-refractivity contribution in [3.05, 3.63) is 176 Å². The van der Waals surface area contributed by atoms with Gasteiger partial charge in [0.2, 0.25) is 5.71 Å². The van der Waals surface area contributed by atoms with Crippen LogP contribution < -0.4 is 4.90 Å². The van der Waals surface area contributed by atoms with Crippen molar-refractivity contribution in [3.8, 4) is 33.4 Å². The van der Waals surface area contributed by atoms with Gasteiger partial charge in [-0.05, 0) is 89.0 Å². The summed E-state index contributed by atoms with van der Waals surface area (Å²) < 4.78 is 12.6. The molecule has 5 heteroatoms. The smallest absolute Gasteiger partial charge is 0.227 e. The van der Waals surface area contributed by atoms with E-state index in [4.69, 9.17) is 8.83 Å². The fraction of sp³-hybridized carbons (Fsp3) is 0. The highest BCUT2D eigenvalue weighted by Gasteiger charge is 2.17. The second-order valence-electron chi connectivity index (χ2n) is 12.6. The summed E-state index contributed by atoms with van der Waals surface area (Å²) in [6, 6.07) is 57.0. The Morgan fingerprint density at radius 2 is 0.902 bits per heavy atom. The summed E-state index contributed by atoms with van der Waals surface area (Å²) in [5.74, 6) is 0.